The molecule has 0 N–H and O–H groups in total. The van der Waals surface area contributed by atoms with Crippen LogP contribution >= 0.6 is 23.5 Å². The van der Waals surface area contributed by atoms with Crippen LogP contribution in [0.2, 0.25) is 0 Å². The van der Waals surface area contributed by atoms with Gasteiger partial charge in [-0.1, -0.05) is 6.92 Å². The summed E-state index contributed by atoms with van der Waals surface area (Å²) in [5, 5.41) is 3.28. The third-order valence-electron chi connectivity index (χ3n) is 8.44. The molecule has 2 rings (SSSR count). The molecule has 352 valence electrons. The molecule has 0 amide bonds. The van der Waals surface area contributed by atoms with Gasteiger partial charge in [0.1, 0.15) is 25.4 Å². The highest BCUT2D eigenvalue weighted by molar-refractivity contribution is 8.00. The number of hydrogen-bond donors (Lipinski definition) is 0. The van der Waals surface area contributed by atoms with Crippen molar-refractivity contribution in [3.05, 3.63) is 0 Å². The van der Waals surface area contributed by atoms with Gasteiger partial charge in [0, 0.05) is 59.5 Å². The maximum absolute atomic E-state index is 6.28. The van der Waals surface area contributed by atoms with E-state index in [2.05, 4.69) is 6.92 Å². The van der Waals surface area contributed by atoms with Gasteiger partial charge in [0.2, 0.25) is 0 Å². The highest BCUT2D eigenvalue weighted by Gasteiger charge is 2.35. The number of hydroxylamine groups is 4. The van der Waals surface area contributed by atoms with Crippen LogP contribution < -0.4 is 0 Å². The first-order valence-electron chi connectivity index (χ1n) is 21.3. The van der Waals surface area contributed by atoms with Crippen LogP contribution in [-0.4, -0.2) is 230 Å². The van der Waals surface area contributed by atoms with E-state index in [0.717, 1.165) is 48.9 Å². The molecule has 2 aliphatic rings. The molecule has 0 radical (unpaired) electrons. The molecule has 0 aromatic rings. The van der Waals surface area contributed by atoms with Crippen molar-refractivity contribution in [2.75, 3.05) is 190 Å². The predicted octanol–water partition coefficient (Wildman–Crippen LogP) is 3.41. The molecular weight excluding hydrogens is 813 g/mol. The summed E-state index contributed by atoms with van der Waals surface area (Å²) in [6.07, 6.45) is 2.84. The fourth-order valence-corrected chi connectivity index (χ4v) is 7.20. The van der Waals surface area contributed by atoms with Crippen LogP contribution in [-0.2, 0) is 71.3 Å². The summed E-state index contributed by atoms with van der Waals surface area (Å²) in [4.78, 5) is 11.0. The summed E-state index contributed by atoms with van der Waals surface area (Å²) in [5.41, 5.74) is 0. The first kappa shape index (κ1) is 55.2. The summed E-state index contributed by atoms with van der Waals surface area (Å²) in [7, 11) is 7.34. The highest BCUT2D eigenvalue weighted by atomic mass is 32.2. The lowest BCUT2D eigenvalue weighted by atomic mass is 10.3. The fourth-order valence-electron chi connectivity index (χ4n) is 5.12. The van der Waals surface area contributed by atoms with E-state index in [4.69, 9.17) is 71.3 Å². The van der Waals surface area contributed by atoms with Gasteiger partial charge in [-0.3, -0.25) is 9.68 Å². The molecule has 0 aromatic heterocycles. The quantitative estimate of drug-likeness (QED) is 0.0653. The largest absolute Gasteiger partial charge is 0.379 e. The van der Waals surface area contributed by atoms with Crippen LogP contribution in [0.5, 0.6) is 0 Å². The standard InChI is InChI=1S/C40H80N2O15S2/c1-8-11-43-14-15-44-16-17-45-18-19-46-20-21-47-22-23-48-24-25-51-38(32-58-26-9-12-49-36-28-52-39(2,53-29-36)34-56-41(4)5)33-59-27-10-13-50-37-30-54-40(3,55-31-37)35-57-42(6)7/h36-38H,8-35H2,1-7H3. The summed E-state index contributed by atoms with van der Waals surface area (Å²) in [6, 6.07) is 0. The van der Waals surface area contributed by atoms with Crippen LogP contribution in [0.15, 0.2) is 0 Å². The van der Waals surface area contributed by atoms with Gasteiger partial charge in [0.15, 0.2) is 11.6 Å². The second-order valence-corrected chi connectivity index (χ2v) is 17.0. The van der Waals surface area contributed by atoms with Crippen LogP contribution in [0.25, 0.3) is 0 Å². The molecule has 0 aromatic carbocycles. The number of hydrogen-bond acceptors (Lipinski definition) is 19. The van der Waals surface area contributed by atoms with Crippen molar-refractivity contribution < 1.29 is 71.3 Å². The van der Waals surface area contributed by atoms with Gasteiger partial charge in [0.25, 0.3) is 0 Å². The molecule has 0 unspecified atom stereocenters. The zero-order chi connectivity index (χ0) is 42.7. The van der Waals surface area contributed by atoms with Crippen molar-refractivity contribution in [2.24, 2.45) is 0 Å². The first-order chi connectivity index (χ1) is 28.6. The lowest BCUT2D eigenvalue weighted by Crippen LogP contribution is -2.48. The minimum absolute atomic E-state index is 0.0775. The maximum Gasteiger partial charge on any atom is 0.191 e. The monoisotopic (exact) mass is 893 g/mol. The Morgan fingerprint density at radius 3 is 1.19 bits per heavy atom. The molecule has 2 aliphatic heterocycles. The van der Waals surface area contributed by atoms with Crippen molar-refractivity contribution in [2.45, 2.75) is 69.9 Å². The summed E-state index contributed by atoms with van der Waals surface area (Å²) in [6.45, 7) is 17.0. The van der Waals surface area contributed by atoms with E-state index in [1.54, 1.807) is 10.1 Å². The third-order valence-corrected chi connectivity index (χ3v) is 10.8. The topological polar surface area (TPSA) is 145 Å². The Morgan fingerprint density at radius 2 is 0.847 bits per heavy atom. The van der Waals surface area contributed by atoms with E-state index in [1.807, 2.05) is 65.6 Å². The Bertz CT molecular complexity index is 886. The molecule has 0 bridgehead atoms. The van der Waals surface area contributed by atoms with Crippen LogP contribution in [0.4, 0.5) is 0 Å². The van der Waals surface area contributed by atoms with E-state index in [9.17, 15) is 0 Å². The second kappa shape index (κ2) is 36.4. The van der Waals surface area contributed by atoms with Crippen molar-refractivity contribution in [1.29, 1.82) is 0 Å². The Balaban J connectivity index is 1.53. The van der Waals surface area contributed by atoms with Crippen molar-refractivity contribution >= 4 is 23.5 Å². The van der Waals surface area contributed by atoms with E-state index >= 15 is 0 Å². The van der Waals surface area contributed by atoms with Crippen molar-refractivity contribution in [1.82, 2.24) is 10.1 Å². The summed E-state index contributed by atoms with van der Waals surface area (Å²) < 4.78 is 75.2. The Hall–Kier alpha value is 0.0200. The number of thioether (sulfide) groups is 2. The molecule has 19 heteroatoms. The van der Waals surface area contributed by atoms with Crippen LogP contribution in [0.3, 0.4) is 0 Å². The molecule has 0 atom stereocenters. The maximum atomic E-state index is 6.28. The van der Waals surface area contributed by atoms with E-state index in [0.29, 0.717) is 132 Å². The predicted molar refractivity (Wildman–Crippen MR) is 228 cm³/mol. The molecule has 2 fully saturated rings. The molecule has 0 aliphatic carbocycles. The van der Waals surface area contributed by atoms with Gasteiger partial charge in [-0.15, -0.1) is 0 Å². The molecule has 2 heterocycles. The van der Waals surface area contributed by atoms with Gasteiger partial charge < -0.3 is 61.6 Å². The normalized spacial score (nSPS) is 23.1. The van der Waals surface area contributed by atoms with E-state index < -0.39 is 11.6 Å². The van der Waals surface area contributed by atoms with Gasteiger partial charge in [-0.2, -0.15) is 33.7 Å². The molecule has 2 saturated heterocycles. The van der Waals surface area contributed by atoms with Crippen LogP contribution in [0, 0.1) is 0 Å². The first-order valence-corrected chi connectivity index (χ1v) is 23.6. The van der Waals surface area contributed by atoms with E-state index in [-0.39, 0.29) is 18.3 Å². The fraction of sp³-hybridized carbons (Fsp3) is 1.00. The average Bonchev–Trinajstić information content (AvgIpc) is 3.22. The van der Waals surface area contributed by atoms with Gasteiger partial charge >= 0.3 is 0 Å². The van der Waals surface area contributed by atoms with E-state index in [1.165, 1.54) is 0 Å². The molecule has 17 nitrogen and oxygen atoms in total. The number of nitrogens with zero attached hydrogens (tertiary/aromatic N) is 2. The second-order valence-electron chi connectivity index (χ2n) is 14.7. The lowest BCUT2D eigenvalue weighted by molar-refractivity contribution is -0.324. The minimum atomic E-state index is -0.755. The average molecular weight is 893 g/mol. The number of rotatable bonds is 41. The zero-order valence-electron chi connectivity index (χ0n) is 37.4. The third kappa shape index (κ3) is 31.5. The highest BCUT2D eigenvalue weighted by Crippen LogP contribution is 2.22. The van der Waals surface area contributed by atoms with Gasteiger partial charge in [0.05, 0.1) is 112 Å². The van der Waals surface area contributed by atoms with Crippen molar-refractivity contribution in [3.63, 3.8) is 0 Å². The summed E-state index contributed by atoms with van der Waals surface area (Å²) in [5.74, 6) is 2.23. The Kier molecular flexibility index (Phi) is 34.0. The molecule has 0 spiro atoms. The number of ether oxygens (including phenoxy) is 13. The molecule has 59 heavy (non-hydrogen) atoms. The van der Waals surface area contributed by atoms with Gasteiger partial charge in [-0.05, 0) is 44.6 Å². The van der Waals surface area contributed by atoms with Crippen LogP contribution in [0.1, 0.15) is 40.0 Å². The lowest BCUT2D eigenvalue weighted by Gasteiger charge is -2.37. The molecular formula is C40H80N2O15S2. The zero-order valence-corrected chi connectivity index (χ0v) is 39.0. The van der Waals surface area contributed by atoms with Gasteiger partial charge in [-0.25, -0.2) is 0 Å². The minimum Gasteiger partial charge on any atom is -0.379 e. The summed E-state index contributed by atoms with van der Waals surface area (Å²) >= 11 is 3.77. The Labute approximate surface area is 363 Å². The SMILES string of the molecule is CCCOCCOCCOCCOCCOCCOCCOC(CSCCCOC1COC(C)(CON(C)C)OC1)CSCCCOC1COC(C)(CON(C)C)OC1. The smallest absolute Gasteiger partial charge is 0.191 e. The molecule has 0 saturated carbocycles. The Morgan fingerprint density at radius 1 is 0.508 bits per heavy atom. The van der Waals surface area contributed by atoms with Crippen molar-refractivity contribution in [3.8, 4) is 0 Å².